The van der Waals surface area contributed by atoms with Gasteiger partial charge < -0.3 is 11.1 Å². The molecule has 1 aromatic heterocycles. The second-order valence-corrected chi connectivity index (χ2v) is 5.18. The number of nitrogens with one attached hydrogen (secondary N) is 1. The van der Waals surface area contributed by atoms with Gasteiger partial charge >= 0.3 is 0 Å². The van der Waals surface area contributed by atoms with Crippen molar-refractivity contribution in [2.24, 2.45) is 0 Å². The van der Waals surface area contributed by atoms with Crippen LogP contribution in [-0.2, 0) is 0 Å². The average molecular weight is 352 g/mol. The Bertz CT molecular complexity index is 595. The predicted octanol–water partition coefficient (Wildman–Crippen LogP) is 3.52. The zero-order valence-electron chi connectivity index (χ0n) is 9.94. The van der Waals surface area contributed by atoms with Crippen LogP contribution in [0, 0.1) is 6.92 Å². The van der Waals surface area contributed by atoms with Crippen molar-refractivity contribution in [1.82, 2.24) is 9.97 Å². The van der Waals surface area contributed by atoms with Crippen LogP contribution in [0.4, 0.5) is 17.3 Å². The summed E-state index contributed by atoms with van der Waals surface area (Å²) in [5, 5.41) is 3.24. The molecule has 0 atom stereocenters. The number of anilines is 3. The zero-order chi connectivity index (χ0) is 13.1. The summed E-state index contributed by atoms with van der Waals surface area (Å²) in [6.07, 6.45) is 1.44. The third-order valence-corrected chi connectivity index (χ3v) is 2.97. The Morgan fingerprint density at radius 1 is 1.39 bits per heavy atom. The van der Waals surface area contributed by atoms with Gasteiger partial charge in [-0.3, -0.25) is 0 Å². The van der Waals surface area contributed by atoms with Gasteiger partial charge in [0.25, 0.3) is 0 Å². The molecule has 0 aliphatic carbocycles. The zero-order valence-corrected chi connectivity index (χ0v) is 12.1. The molecule has 2 rings (SSSR count). The molecular weight excluding hydrogens is 339 g/mol. The van der Waals surface area contributed by atoms with Crippen LogP contribution >= 0.6 is 22.6 Å². The monoisotopic (exact) mass is 352 g/mol. The summed E-state index contributed by atoms with van der Waals surface area (Å²) in [4.78, 5) is 8.20. The van der Waals surface area contributed by atoms with Crippen molar-refractivity contribution in [2.75, 3.05) is 11.1 Å². The van der Waals surface area contributed by atoms with Gasteiger partial charge in [0.1, 0.15) is 18.0 Å². The summed E-state index contributed by atoms with van der Waals surface area (Å²) < 4.78 is 0.806. The van der Waals surface area contributed by atoms with E-state index in [2.05, 4.69) is 44.5 Å². The number of benzene rings is 1. The van der Waals surface area contributed by atoms with E-state index in [1.807, 2.05) is 31.2 Å². The number of nitrogen functional groups attached to an aromatic ring is 1. The van der Waals surface area contributed by atoms with Gasteiger partial charge in [-0.1, -0.05) is 18.7 Å². The lowest BCUT2D eigenvalue weighted by molar-refractivity contribution is 1.17. The molecule has 0 aliphatic heterocycles. The van der Waals surface area contributed by atoms with Crippen LogP contribution in [0.3, 0.4) is 0 Å². The van der Waals surface area contributed by atoms with Crippen molar-refractivity contribution in [2.45, 2.75) is 6.92 Å². The van der Waals surface area contributed by atoms with Crippen molar-refractivity contribution in [1.29, 1.82) is 0 Å². The van der Waals surface area contributed by atoms with Gasteiger partial charge in [-0.25, -0.2) is 9.97 Å². The quantitative estimate of drug-likeness (QED) is 0.830. The van der Waals surface area contributed by atoms with Gasteiger partial charge in [0.05, 0.1) is 5.56 Å². The van der Waals surface area contributed by atoms with E-state index in [4.69, 9.17) is 5.73 Å². The summed E-state index contributed by atoms with van der Waals surface area (Å²) in [5.74, 6) is 1.10. The maximum atomic E-state index is 5.85. The summed E-state index contributed by atoms with van der Waals surface area (Å²) in [6, 6.07) is 8.04. The Labute approximate surface area is 119 Å². The van der Waals surface area contributed by atoms with E-state index in [-0.39, 0.29) is 0 Å². The van der Waals surface area contributed by atoms with E-state index >= 15 is 0 Å². The van der Waals surface area contributed by atoms with Crippen LogP contribution in [-0.4, -0.2) is 9.97 Å². The van der Waals surface area contributed by atoms with Crippen molar-refractivity contribution >= 4 is 43.5 Å². The molecule has 0 saturated heterocycles. The second kappa shape index (κ2) is 5.34. The first kappa shape index (κ1) is 12.8. The van der Waals surface area contributed by atoms with Gasteiger partial charge in [-0.2, -0.15) is 0 Å². The molecule has 3 N–H and O–H groups in total. The van der Waals surface area contributed by atoms with Gasteiger partial charge in [0, 0.05) is 9.27 Å². The highest BCUT2D eigenvalue weighted by molar-refractivity contribution is 14.1. The summed E-state index contributed by atoms with van der Waals surface area (Å²) >= 11 is 2.11. The maximum absolute atomic E-state index is 5.85. The number of nitrogens with two attached hydrogens (primary N) is 1. The van der Waals surface area contributed by atoms with Crippen molar-refractivity contribution in [3.63, 3.8) is 0 Å². The molecule has 1 heterocycles. The lowest BCUT2D eigenvalue weighted by Gasteiger charge is -2.11. The standard InChI is InChI=1S/C13H13IN4/c1-8-4-3-5-10(6-8)18-13-11(9(2)14)12(15)16-7-17-13/h3-7H,2H2,1H3,(H3,15,16,17,18). The van der Waals surface area contributed by atoms with Gasteiger partial charge in [-0.15, -0.1) is 0 Å². The molecule has 2 aromatic rings. The first-order valence-corrected chi connectivity index (χ1v) is 6.44. The fourth-order valence-electron chi connectivity index (χ4n) is 1.62. The number of aryl methyl sites for hydroxylation is 1. The average Bonchev–Trinajstić information content (AvgIpc) is 2.28. The fraction of sp³-hybridized carbons (Fsp3) is 0.0769. The molecule has 92 valence electrons. The van der Waals surface area contributed by atoms with Crippen molar-refractivity contribution < 1.29 is 0 Å². The molecule has 0 radical (unpaired) electrons. The fourth-order valence-corrected chi connectivity index (χ4v) is 2.15. The third kappa shape index (κ3) is 2.79. The number of aromatic nitrogens is 2. The van der Waals surface area contributed by atoms with Gasteiger partial charge in [-0.05, 0) is 47.2 Å². The minimum absolute atomic E-state index is 0.430. The van der Waals surface area contributed by atoms with Crippen LogP contribution in [0.25, 0.3) is 3.58 Å². The Morgan fingerprint density at radius 2 is 2.17 bits per heavy atom. The number of hydrogen-bond donors (Lipinski definition) is 2. The summed E-state index contributed by atoms with van der Waals surface area (Å²) in [6.45, 7) is 5.93. The Morgan fingerprint density at radius 3 is 2.83 bits per heavy atom. The topological polar surface area (TPSA) is 63.8 Å². The maximum Gasteiger partial charge on any atom is 0.144 e. The first-order valence-electron chi connectivity index (χ1n) is 5.37. The SMILES string of the molecule is C=C(I)c1c(N)ncnc1Nc1cccc(C)c1. The van der Waals surface area contributed by atoms with E-state index in [1.165, 1.54) is 11.9 Å². The van der Waals surface area contributed by atoms with E-state index in [0.29, 0.717) is 11.6 Å². The first-order chi connectivity index (χ1) is 8.58. The van der Waals surface area contributed by atoms with Crippen LogP contribution in [0.2, 0.25) is 0 Å². The Kier molecular flexibility index (Phi) is 3.81. The van der Waals surface area contributed by atoms with Crippen LogP contribution in [0.1, 0.15) is 11.1 Å². The minimum Gasteiger partial charge on any atom is -0.383 e. The molecule has 5 heteroatoms. The minimum atomic E-state index is 0.430. The molecule has 0 bridgehead atoms. The highest BCUT2D eigenvalue weighted by Crippen LogP contribution is 2.31. The van der Waals surface area contributed by atoms with Crippen LogP contribution < -0.4 is 11.1 Å². The van der Waals surface area contributed by atoms with Gasteiger partial charge in [0.15, 0.2) is 0 Å². The molecule has 0 unspecified atom stereocenters. The van der Waals surface area contributed by atoms with E-state index in [9.17, 15) is 0 Å². The number of nitrogens with zero attached hydrogens (tertiary/aromatic N) is 2. The van der Waals surface area contributed by atoms with Crippen LogP contribution in [0.5, 0.6) is 0 Å². The summed E-state index contributed by atoms with van der Waals surface area (Å²) in [5.41, 5.74) is 8.74. The molecule has 0 fully saturated rings. The number of hydrogen-bond acceptors (Lipinski definition) is 4. The lowest BCUT2D eigenvalue weighted by atomic mass is 10.2. The molecule has 0 saturated carbocycles. The predicted molar refractivity (Wildman–Crippen MR) is 84.0 cm³/mol. The van der Waals surface area contributed by atoms with E-state index < -0.39 is 0 Å². The molecule has 0 spiro atoms. The molecule has 4 nitrogen and oxygen atoms in total. The number of rotatable bonds is 3. The molecule has 0 amide bonds. The molecule has 0 aliphatic rings. The Balaban J connectivity index is 2.40. The van der Waals surface area contributed by atoms with Crippen molar-refractivity contribution in [3.05, 3.63) is 48.3 Å². The summed E-state index contributed by atoms with van der Waals surface area (Å²) in [7, 11) is 0. The van der Waals surface area contributed by atoms with Crippen LogP contribution in [0.15, 0.2) is 37.2 Å². The normalized spacial score (nSPS) is 10.1. The molecule has 18 heavy (non-hydrogen) atoms. The lowest BCUT2D eigenvalue weighted by Crippen LogP contribution is -2.03. The molecular formula is C13H13IN4. The van der Waals surface area contributed by atoms with E-state index in [1.54, 1.807) is 0 Å². The Hall–Kier alpha value is -1.63. The molecule has 1 aromatic carbocycles. The highest BCUT2D eigenvalue weighted by Gasteiger charge is 2.10. The smallest absolute Gasteiger partial charge is 0.144 e. The largest absolute Gasteiger partial charge is 0.383 e. The highest BCUT2D eigenvalue weighted by atomic mass is 127. The van der Waals surface area contributed by atoms with E-state index in [0.717, 1.165) is 14.8 Å². The van der Waals surface area contributed by atoms with Gasteiger partial charge in [0.2, 0.25) is 0 Å². The third-order valence-electron chi connectivity index (χ3n) is 2.43. The van der Waals surface area contributed by atoms with Crippen molar-refractivity contribution in [3.8, 4) is 0 Å². The number of halogens is 1. The second-order valence-electron chi connectivity index (χ2n) is 3.88.